The Labute approximate surface area is 241 Å². The number of urea groups is 1. The smallest absolute Gasteiger partial charge is 0.323 e. The highest BCUT2D eigenvalue weighted by Gasteiger charge is 2.19. The van der Waals surface area contributed by atoms with Gasteiger partial charge in [0.05, 0.1) is 5.52 Å². The van der Waals surface area contributed by atoms with Crippen molar-refractivity contribution in [2.75, 3.05) is 48.3 Å². The van der Waals surface area contributed by atoms with Gasteiger partial charge in [0.25, 0.3) is 0 Å². The number of hydrogen-bond acceptors (Lipinski definition) is 4. The van der Waals surface area contributed by atoms with Gasteiger partial charge in [0.15, 0.2) is 0 Å². The lowest BCUT2D eigenvalue weighted by atomic mass is 10.1. The Balaban J connectivity index is 0.00000200. The number of aromatic nitrogens is 1. The van der Waals surface area contributed by atoms with Crippen LogP contribution in [0.1, 0.15) is 11.3 Å². The van der Waals surface area contributed by atoms with Crippen LogP contribution in [0, 0.1) is 6.92 Å². The van der Waals surface area contributed by atoms with E-state index in [0.29, 0.717) is 10.7 Å². The van der Waals surface area contributed by atoms with E-state index in [4.69, 9.17) is 11.6 Å². The maximum atomic E-state index is 12.4. The van der Waals surface area contributed by atoms with Crippen molar-refractivity contribution in [3.63, 3.8) is 0 Å². The third kappa shape index (κ3) is 7.51. The van der Waals surface area contributed by atoms with Gasteiger partial charge in [-0.3, -0.25) is 9.88 Å². The van der Waals surface area contributed by atoms with E-state index in [-0.39, 0.29) is 30.8 Å². The normalized spacial score (nSPS) is 13.4. The van der Waals surface area contributed by atoms with Gasteiger partial charge in [-0.05, 0) is 73.5 Å². The molecule has 0 bridgehead atoms. The number of nitrogens with zero attached hydrogens (tertiary/aromatic N) is 3. The molecule has 2 amide bonds. The van der Waals surface area contributed by atoms with Crippen molar-refractivity contribution in [1.29, 1.82) is 0 Å². The number of hydrogen-bond donors (Lipinski definition) is 2. The molecule has 1 aliphatic heterocycles. The molecule has 0 spiro atoms. The predicted octanol–water partition coefficient (Wildman–Crippen LogP) is 7.05. The molecule has 1 aliphatic rings. The largest absolute Gasteiger partial charge is 0.368 e. The summed E-state index contributed by atoms with van der Waals surface area (Å²) < 4.78 is 0. The van der Waals surface area contributed by atoms with E-state index in [2.05, 4.69) is 61.8 Å². The number of benzene rings is 3. The molecule has 5 rings (SSSR count). The van der Waals surface area contributed by atoms with Gasteiger partial charge < -0.3 is 15.5 Å². The van der Waals surface area contributed by atoms with E-state index in [0.717, 1.165) is 56.0 Å². The first-order valence-corrected chi connectivity index (χ1v) is 12.7. The van der Waals surface area contributed by atoms with Crippen LogP contribution in [-0.4, -0.2) is 48.6 Å². The zero-order chi connectivity index (χ0) is 24.9. The Hall–Kier alpha value is -3.03. The molecule has 1 aromatic heterocycles. The molecule has 38 heavy (non-hydrogen) atoms. The fraction of sp³-hybridized carbons (Fsp3) is 0.241. The summed E-state index contributed by atoms with van der Waals surface area (Å²) in [6.07, 6.45) is 0.933. The summed E-state index contributed by atoms with van der Waals surface area (Å²) in [5.74, 6) is 0. The summed E-state index contributed by atoms with van der Waals surface area (Å²) in [7, 11) is 0. The van der Waals surface area contributed by atoms with Gasteiger partial charge in [-0.25, -0.2) is 4.79 Å². The van der Waals surface area contributed by atoms with E-state index in [1.54, 1.807) is 24.3 Å². The average molecular weight is 573 g/mol. The minimum absolute atomic E-state index is 0. The Morgan fingerprint density at radius 1 is 0.868 bits per heavy atom. The molecule has 1 saturated heterocycles. The zero-order valence-electron chi connectivity index (χ0n) is 21.2. The monoisotopic (exact) mass is 571 g/mol. The van der Waals surface area contributed by atoms with Crippen molar-refractivity contribution in [2.45, 2.75) is 13.3 Å². The third-order valence-electron chi connectivity index (χ3n) is 6.55. The summed E-state index contributed by atoms with van der Waals surface area (Å²) in [6, 6.07) is 25.5. The second-order valence-corrected chi connectivity index (χ2v) is 9.60. The van der Waals surface area contributed by atoms with Gasteiger partial charge in [-0.1, -0.05) is 35.9 Å². The number of halogens is 3. The molecule has 200 valence electrons. The number of pyridine rings is 1. The quantitative estimate of drug-likeness (QED) is 0.260. The first-order chi connectivity index (χ1) is 17.5. The van der Waals surface area contributed by atoms with Gasteiger partial charge in [0.2, 0.25) is 0 Å². The molecule has 0 aliphatic carbocycles. The molecule has 0 unspecified atom stereocenters. The Morgan fingerprint density at radius 2 is 1.55 bits per heavy atom. The van der Waals surface area contributed by atoms with Crippen LogP contribution in [-0.2, 0) is 6.42 Å². The van der Waals surface area contributed by atoms with E-state index >= 15 is 0 Å². The predicted molar refractivity (Wildman–Crippen MR) is 164 cm³/mol. The average Bonchev–Trinajstić information content (AvgIpc) is 2.87. The van der Waals surface area contributed by atoms with Crippen LogP contribution in [0.3, 0.4) is 0 Å². The maximum Gasteiger partial charge on any atom is 0.323 e. The van der Waals surface area contributed by atoms with Gasteiger partial charge >= 0.3 is 6.03 Å². The number of amides is 2. The van der Waals surface area contributed by atoms with Crippen molar-refractivity contribution in [2.24, 2.45) is 0 Å². The Bertz CT molecular complexity index is 1380. The second kappa shape index (κ2) is 13.7. The van der Waals surface area contributed by atoms with Crippen LogP contribution < -0.4 is 15.5 Å². The third-order valence-corrected chi connectivity index (χ3v) is 6.78. The van der Waals surface area contributed by atoms with Gasteiger partial charge in [0, 0.05) is 65.9 Å². The topological polar surface area (TPSA) is 60.5 Å². The first kappa shape index (κ1) is 29.5. The van der Waals surface area contributed by atoms with Gasteiger partial charge in [0.1, 0.15) is 0 Å². The number of piperazine rings is 1. The number of carbonyl (C=O) groups is 1. The Morgan fingerprint density at radius 3 is 2.29 bits per heavy atom. The molecule has 0 saturated carbocycles. The molecule has 2 N–H and O–H groups in total. The molecule has 4 aromatic rings. The fourth-order valence-electron chi connectivity index (χ4n) is 4.68. The van der Waals surface area contributed by atoms with Crippen molar-refractivity contribution in [1.82, 2.24) is 9.88 Å². The molecular formula is C29H32Cl3N5O. The first-order valence-electron chi connectivity index (χ1n) is 12.3. The number of carbonyl (C=O) groups excluding carboxylic acids is 1. The lowest BCUT2D eigenvalue weighted by Gasteiger charge is -2.36. The SMILES string of the molecule is Cc1ccc2c(N3CCN(CCc4cccc(NC(=O)Nc5cccc(Cl)c5)c4)CC3)cccc2n1.Cl.Cl. The number of nitrogens with one attached hydrogen (secondary N) is 2. The molecule has 6 nitrogen and oxygen atoms in total. The number of aryl methyl sites for hydroxylation is 1. The van der Waals surface area contributed by atoms with Crippen LogP contribution in [0.2, 0.25) is 5.02 Å². The van der Waals surface area contributed by atoms with Crippen molar-refractivity contribution in [3.05, 3.63) is 95.1 Å². The lowest BCUT2D eigenvalue weighted by Crippen LogP contribution is -2.47. The molecule has 2 heterocycles. The summed E-state index contributed by atoms with van der Waals surface area (Å²) in [5.41, 5.74) is 6.01. The fourth-order valence-corrected chi connectivity index (χ4v) is 4.87. The minimum Gasteiger partial charge on any atom is -0.368 e. The highest BCUT2D eigenvalue weighted by atomic mass is 35.5. The van der Waals surface area contributed by atoms with Crippen molar-refractivity contribution in [3.8, 4) is 0 Å². The second-order valence-electron chi connectivity index (χ2n) is 9.16. The van der Waals surface area contributed by atoms with Crippen molar-refractivity contribution < 1.29 is 4.79 Å². The number of fused-ring (bicyclic) bond motifs is 1. The van der Waals surface area contributed by atoms with Crippen LogP contribution >= 0.6 is 36.4 Å². The van der Waals surface area contributed by atoms with Crippen LogP contribution in [0.25, 0.3) is 10.9 Å². The van der Waals surface area contributed by atoms with E-state index in [9.17, 15) is 4.79 Å². The molecule has 0 radical (unpaired) electrons. The van der Waals surface area contributed by atoms with Gasteiger partial charge in [-0.15, -0.1) is 24.8 Å². The van der Waals surface area contributed by atoms with E-state index in [1.807, 2.05) is 25.1 Å². The molecule has 0 atom stereocenters. The van der Waals surface area contributed by atoms with Gasteiger partial charge in [-0.2, -0.15) is 0 Å². The minimum atomic E-state index is -0.288. The summed E-state index contributed by atoms with van der Waals surface area (Å²) in [4.78, 5) is 22.0. The standard InChI is InChI=1S/C29H30ClN5O.2ClH/c1-21-11-12-26-27(31-21)9-4-10-28(26)35-17-15-34(16-18-35)14-13-22-5-2-7-24(19-22)32-29(36)33-25-8-3-6-23(30)20-25;;/h2-12,19-20H,13-18H2,1H3,(H2,32,33,36);2*1H. The Kier molecular flexibility index (Phi) is 10.6. The molecule has 9 heteroatoms. The molecule has 3 aromatic carbocycles. The summed E-state index contributed by atoms with van der Waals surface area (Å²) in [6.45, 7) is 7.07. The van der Waals surface area contributed by atoms with Crippen LogP contribution in [0.4, 0.5) is 21.9 Å². The molecule has 1 fully saturated rings. The van der Waals surface area contributed by atoms with Crippen molar-refractivity contribution >= 4 is 70.4 Å². The lowest BCUT2D eigenvalue weighted by molar-refractivity contribution is 0.261. The summed E-state index contributed by atoms with van der Waals surface area (Å²) in [5, 5.41) is 7.53. The van der Waals surface area contributed by atoms with Crippen LogP contribution in [0.5, 0.6) is 0 Å². The van der Waals surface area contributed by atoms with E-state index in [1.165, 1.54) is 16.6 Å². The zero-order valence-corrected chi connectivity index (χ0v) is 23.6. The molecular weight excluding hydrogens is 541 g/mol. The number of rotatable bonds is 6. The van der Waals surface area contributed by atoms with Crippen LogP contribution in [0.15, 0.2) is 78.9 Å². The van der Waals surface area contributed by atoms with E-state index < -0.39 is 0 Å². The highest BCUT2D eigenvalue weighted by molar-refractivity contribution is 6.30. The highest BCUT2D eigenvalue weighted by Crippen LogP contribution is 2.27. The number of anilines is 3. The summed E-state index contributed by atoms with van der Waals surface area (Å²) >= 11 is 5.99. The maximum absolute atomic E-state index is 12.4.